The summed E-state index contributed by atoms with van der Waals surface area (Å²) < 4.78 is 5.19. The number of carbonyl (C=O) groups is 2. The molecule has 23 heavy (non-hydrogen) atoms. The highest BCUT2D eigenvalue weighted by Crippen LogP contribution is 2.35. The Morgan fingerprint density at radius 2 is 1.96 bits per heavy atom. The maximum Gasteiger partial charge on any atom is 0.256 e. The number of nitrogens with one attached hydrogen (secondary N) is 1. The van der Waals surface area contributed by atoms with Gasteiger partial charge in [0, 0.05) is 21.8 Å². The smallest absolute Gasteiger partial charge is 0.256 e. The van der Waals surface area contributed by atoms with Gasteiger partial charge in [0.1, 0.15) is 5.75 Å². The molecule has 0 fully saturated rings. The molecule has 0 bridgehead atoms. The van der Waals surface area contributed by atoms with Crippen molar-refractivity contribution in [2.45, 2.75) is 0 Å². The van der Waals surface area contributed by atoms with Crippen molar-refractivity contribution in [3.63, 3.8) is 0 Å². The number of fused-ring (bicyclic) bond motifs is 1. The van der Waals surface area contributed by atoms with Gasteiger partial charge < -0.3 is 15.8 Å². The monoisotopic (exact) mass is 328 g/mol. The number of amides is 2. The van der Waals surface area contributed by atoms with E-state index in [1.165, 1.54) is 0 Å². The lowest BCUT2D eigenvalue weighted by Gasteiger charge is -2.04. The molecular weight excluding hydrogens is 316 g/mol. The molecule has 1 heterocycles. The highest BCUT2D eigenvalue weighted by Gasteiger charge is 2.24. The first-order chi connectivity index (χ1) is 11.0. The molecule has 0 atom stereocenters. The van der Waals surface area contributed by atoms with Crippen molar-refractivity contribution in [3.05, 3.63) is 58.6 Å². The van der Waals surface area contributed by atoms with Crippen LogP contribution in [0.15, 0.2) is 42.5 Å². The Bertz CT molecular complexity index is 813. The molecule has 0 saturated heterocycles. The van der Waals surface area contributed by atoms with Crippen molar-refractivity contribution >= 4 is 40.8 Å². The third-order valence-corrected chi connectivity index (χ3v) is 3.57. The maximum absolute atomic E-state index is 12.1. The van der Waals surface area contributed by atoms with E-state index >= 15 is 0 Å². The number of hydrogen-bond donors (Lipinski definition) is 2. The molecule has 0 aromatic heterocycles. The van der Waals surface area contributed by atoms with Gasteiger partial charge in [-0.15, -0.1) is 0 Å². The van der Waals surface area contributed by atoms with Gasteiger partial charge in [-0.3, -0.25) is 9.59 Å². The standard InChI is InChI=1S/C17H13ClN2O3/c18-11-3-6-15-13(8-11)14(17(22)20-15)7-10-1-4-12(5-2-10)23-9-16(19)21/h1-8H,9H2,(H2,19,21)(H,20,22). The van der Waals surface area contributed by atoms with E-state index in [2.05, 4.69) is 5.32 Å². The zero-order chi connectivity index (χ0) is 16.4. The molecule has 1 aliphatic heterocycles. The van der Waals surface area contributed by atoms with Gasteiger partial charge in [0.25, 0.3) is 11.8 Å². The van der Waals surface area contributed by atoms with Gasteiger partial charge in [0.05, 0.1) is 0 Å². The molecule has 2 aromatic carbocycles. The first-order valence-corrected chi connectivity index (χ1v) is 7.25. The molecule has 5 nitrogen and oxygen atoms in total. The van der Waals surface area contributed by atoms with Crippen LogP contribution < -0.4 is 15.8 Å². The van der Waals surface area contributed by atoms with E-state index in [1.54, 1.807) is 48.5 Å². The lowest BCUT2D eigenvalue weighted by Crippen LogP contribution is -2.19. The number of benzene rings is 2. The van der Waals surface area contributed by atoms with Crippen LogP contribution in [0.1, 0.15) is 11.1 Å². The fraction of sp³-hybridized carbons (Fsp3) is 0.0588. The first kappa shape index (κ1) is 15.1. The fourth-order valence-electron chi connectivity index (χ4n) is 2.28. The van der Waals surface area contributed by atoms with E-state index in [-0.39, 0.29) is 12.5 Å². The van der Waals surface area contributed by atoms with Gasteiger partial charge >= 0.3 is 0 Å². The molecule has 0 spiro atoms. The summed E-state index contributed by atoms with van der Waals surface area (Å²) in [6, 6.07) is 12.3. The Balaban J connectivity index is 1.86. The molecule has 3 N–H and O–H groups in total. The Morgan fingerprint density at radius 1 is 1.22 bits per heavy atom. The van der Waals surface area contributed by atoms with Crippen LogP contribution in [0.25, 0.3) is 11.6 Å². The first-order valence-electron chi connectivity index (χ1n) is 6.87. The van der Waals surface area contributed by atoms with Crippen molar-refractivity contribution in [1.82, 2.24) is 0 Å². The zero-order valence-electron chi connectivity index (χ0n) is 12.0. The highest BCUT2D eigenvalue weighted by molar-refractivity contribution is 6.36. The predicted octanol–water partition coefficient (Wildman–Crippen LogP) is 2.70. The normalized spacial score (nSPS) is 14.5. The number of anilines is 1. The van der Waals surface area contributed by atoms with Crippen LogP contribution in [-0.4, -0.2) is 18.4 Å². The minimum Gasteiger partial charge on any atom is -0.484 e. The summed E-state index contributed by atoms with van der Waals surface area (Å²) in [4.78, 5) is 22.8. The average molecular weight is 329 g/mol. The number of hydrogen-bond acceptors (Lipinski definition) is 3. The number of rotatable bonds is 4. The second-order valence-corrected chi connectivity index (χ2v) is 5.46. The Hall–Kier alpha value is -2.79. The molecule has 0 radical (unpaired) electrons. The zero-order valence-corrected chi connectivity index (χ0v) is 12.8. The SMILES string of the molecule is NC(=O)COc1ccc(C=C2C(=O)Nc3ccc(Cl)cc32)cc1. The van der Waals surface area contributed by atoms with E-state index in [9.17, 15) is 9.59 Å². The van der Waals surface area contributed by atoms with Gasteiger partial charge in [-0.2, -0.15) is 0 Å². The van der Waals surface area contributed by atoms with Crippen molar-refractivity contribution in [2.75, 3.05) is 11.9 Å². The van der Waals surface area contributed by atoms with Crippen LogP contribution in [0.2, 0.25) is 5.02 Å². The lowest BCUT2D eigenvalue weighted by molar-refractivity contribution is -0.120. The van der Waals surface area contributed by atoms with Gasteiger partial charge in [0.15, 0.2) is 6.61 Å². The summed E-state index contributed by atoms with van der Waals surface area (Å²) in [7, 11) is 0. The molecule has 3 rings (SSSR count). The number of carbonyl (C=O) groups excluding carboxylic acids is 2. The maximum atomic E-state index is 12.1. The van der Waals surface area contributed by atoms with Crippen molar-refractivity contribution in [2.24, 2.45) is 5.73 Å². The topological polar surface area (TPSA) is 81.4 Å². The second kappa shape index (κ2) is 6.14. The summed E-state index contributed by atoms with van der Waals surface area (Å²) in [5.74, 6) is -0.172. The molecule has 0 saturated carbocycles. The van der Waals surface area contributed by atoms with Gasteiger partial charge in [0.2, 0.25) is 0 Å². The van der Waals surface area contributed by atoms with E-state index in [4.69, 9.17) is 22.1 Å². The Labute approximate surface area is 137 Å². The minimum absolute atomic E-state index is 0.170. The van der Waals surface area contributed by atoms with Crippen LogP contribution in [-0.2, 0) is 9.59 Å². The quantitative estimate of drug-likeness (QED) is 0.847. The Kier molecular flexibility index (Phi) is 4.04. The second-order valence-electron chi connectivity index (χ2n) is 5.03. The summed E-state index contributed by atoms with van der Waals surface area (Å²) in [5, 5.41) is 3.37. The predicted molar refractivity (Wildman–Crippen MR) is 89.1 cm³/mol. The number of halogens is 1. The van der Waals surface area contributed by atoms with E-state index < -0.39 is 5.91 Å². The highest BCUT2D eigenvalue weighted by atomic mass is 35.5. The summed E-state index contributed by atoms with van der Waals surface area (Å²) in [5.41, 5.74) is 7.92. The van der Waals surface area contributed by atoms with Crippen molar-refractivity contribution in [3.8, 4) is 5.75 Å². The number of nitrogens with two attached hydrogens (primary N) is 1. The number of primary amides is 1. The van der Waals surface area contributed by atoms with Crippen molar-refractivity contribution in [1.29, 1.82) is 0 Å². The molecule has 0 aliphatic carbocycles. The molecule has 116 valence electrons. The average Bonchev–Trinajstić information content (AvgIpc) is 2.82. The third kappa shape index (κ3) is 3.35. The molecule has 0 unspecified atom stereocenters. The van der Waals surface area contributed by atoms with Crippen LogP contribution in [0.4, 0.5) is 5.69 Å². The van der Waals surface area contributed by atoms with E-state index in [1.807, 2.05) is 0 Å². The van der Waals surface area contributed by atoms with E-state index in [0.29, 0.717) is 16.3 Å². The molecule has 1 aliphatic rings. The number of ether oxygens (including phenoxy) is 1. The van der Waals surface area contributed by atoms with Gasteiger partial charge in [-0.25, -0.2) is 0 Å². The van der Waals surface area contributed by atoms with Crippen LogP contribution in [0, 0.1) is 0 Å². The lowest BCUT2D eigenvalue weighted by atomic mass is 10.0. The van der Waals surface area contributed by atoms with Crippen LogP contribution in [0.3, 0.4) is 0 Å². The van der Waals surface area contributed by atoms with Crippen molar-refractivity contribution < 1.29 is 14.3 Å². The fourth-order valence-corrected chi connectivity index (χ4v) is 2.46. The Morgan fingerprint density at radius 3 is 2.65 bits per heavy atom. The molecule has 2 amide bonds. The summed E-state index contributed by atoms with van der Waals surface area (Å²) in [6.45, 7) is -0.172. The van der Waals surface area contributed by atoms with Gasteiger partial charge in [-0.1, -0.05) is 23.7 Å². The minimum atomic E-state index is -0.535. The third-order valence-electron chi connectivity index (χ3n) is 3.34. The summed E-state index contributed by atoms with van der Waals surface area (Å²) >= 11 is 6.00. The molecule has 6 heteroatoms. The van der Waals surface area contributed by atoms with Crippen LogP contribution >= 0.6 is 11.6 Å². The molecule has 2 aromatic rings. The summed E-state index contributed by atoms with van der Waals surface area (Å²) in [6.07, 6.45) is 1.77. The van der Waals surface area contributed by atoms with Gasteiger partial charge in [-0.05, 0) is 42.0 Å². The van der Waals surface area contributed by atoms with Crippen LogP contribution in [0.5, 0.6) is 5.75 Å². The molecular formula is C17H13ClN2O3. The largest absolute Gasteiger partial charge is 0.484 e. The van der Waals surface area contributed by atoms with E-state index in [0.717, 1.165) is 16.8 Å².